The maximum atomic E-state index is 13.0. The van der Waals surface area contributed by atoms with Gasteiger partial charge in [0.15, 0.2) is 0 Å². The summed E-state index contributed by atoms with van der Waals surface area (Å²) in [5.41, 5.74) is 0.830. The Morgan fingerprint density at radius 3 is 2.36 bits per heavy atom. The Hall–Kier alpha value is -2.37. The van der Waals surface area contributed by atoms with Crippen molar-refractivity contribution in [2.24, 2.45) is 11.8 Å². The molecule has 28 heavy (non-hydrogen) atoms. The van der Waals surface area contributed by atoms with Crippen LogP contribution in [0.5, 0.6) is 0 Å². The molecule has 1 aromatic rings. The van der Waals surface area contributed by atoms with E-state index in [0.717, 1.165) is 18.4 Å². The number of likely N-dealkylation sites (tertiary alicyclic amines) is 3. The SMILES string of the molecule is CCN1C(=O)[C@H]2CN(C(C)=O)C[C@H]2C12CCN(C(=O)Cc1ccccc1)CC2. The van der Waals surface area contributed by atoms with Gasteiger partial charge in [-0.05, 0) is 25.3 Å². The van der Waals surface area contributed by atoms with E-state index in [1.807, 2.05) is 47.1 Å². The van der Waals surface area contributed by atoms with Crippen LogP contribution in [0.15, 0.2) is 30.3 Å². The van der Waals surface area contributed by atoms with Crippen LogP contribution in [-0.4, -0.2) is 70.7 Å². The highest BCUT2D eigenvalue weighted by molar-refractivity contribution is 5.86. The van der Waals surface area contributed by atoms with Gasteiger partial charge in [0.05, 0.1) is 17.9 Å². The van der Waals surface area contributed by atoms with Crippen molar-refractivity contribution in [3.63, 3.8) is 0 Å². The molecule has 2 atom stereocenters. The number of nitrogens with zero attached hydrogens (tertiary/aromatic N) is 3. The van der Waals surface area contributed by atoms with Crippen LogP contribution in [0.3, 0.4) is 0 Å². The molecule has 0 N–H and O–H groups in total. The fourth-order valence-corrected chi connectivity index (χ4v) is 5.61. The molecule has 3 aliphatic rings. The Kier molecular flexibility index (Phi) is 4.89. The number of carbonyl (C=O) groups excluding carboxylic acids is 3. The lowest BCUT2D eigenvalue weighted by Gasteiger charge is -2.47. The number of hydrogen-bond acceptors (Lipinski definition) is 3. The molecule has 3 amide bonds. The number of rotatable bonds is 3. The van der Waals surface area contributed by atoms with Crippen molar-refractivity contribution in [1.29, 1.82) is 0 Å². The van der Waals surface area contributed by atoms with E-state index in [2.05, 4.69) is 4.90 Å². The van der Waals surface area contributed by atoms with E-state index in [1.54, 1.807) is 6.92 Å². The topological polar surface area (TPSA) is 60.9 Å². The van der Waals surface area contributed by atoms with Crippen LogP contribution in [0.25, 0.3) is 0 Å². The Bertz CT molecular complexity index is 770. The van der Waals surface area contributed by atoms with Crippen molar-refractivity contribution >= 4 is 17.7 Å². The number of fused-ring (bicyclic) bond motifs is 2. The van der Waals surface area contributed by atoms with Crippen LogP contribution in [0.2, 0.25) is 0 Å². The summed E-state index contributed by atoms with van der Waals surface area (Å²) >= 11 is 0. The Morgan fingerprint density at radius 2 is 1.75 bits per heavy atom. The third kappa shape index (κ3) is 2.99. The summed E-state index contributed by atoms with van der Waals surface area (Å²) < 4.78 is 0. The molecule has 1 aromatic carbocycles. The van der Waals surface area contributed by atoms with Crippen LogP contribution in [0, 0.1) is 11.8 Å². The first-order valence-electron chi connectivity index (χ1n) is 10.3. The van der Waals surface area contributed by atoms with E-state index in [4.69, 9.17) is 0 Å². The van der Waals surface area contributed by atoms with Crippen LogP contribution in [0.1, 0.15) is 32.3 Å². The summed E-state index contributed by atoms with van der Waals surface area (Å²) in [5, 5.41) is 0. The van der Waals surface area contributed by atoms with Gasteiger partial charge in [-0.2, -0.15) is 0 Å². The molecule has 0 saturated carbocycles. The van der Waals surface area contributed by atoms with Gasteiger partial charge >= 0.3 is 0 Å². The van der Waals surface area contributed by atoms with Crippen molar-refractivity contribution in [2.75, 3.05) is 32.7 Å². The molecule has 0 bridgehead atoms. The van der Waals surface area contributed by atoms with Crippen molar-refractivity contribution in [1.82, 2.24) is 14.7 Å². The van der Waals surface area contributed by atoms with Crippen molar-refractivity contribution < 1.29 is 14.4 Å². The molecule has 0 aliphatic carbocycles. The minimum Gasteiger partial charge on any atom is -0.342 e. The first-order chi connectivity index (χ1) is 13.5. The second-order valence-corrected chi connectivity index (χ2v) is 8.37. The summed E-state index contributed by atoms with van der Waals surface area (Å²) in [6.07, 6.45) is 2.04. The molecule has 150 valence electrons. The highest BCUT2D eigenvalue weighted by atomic mass is 16.2. The molecule has 3 fully saturated rings. The van der Waals surface area contributed by atoms with Gasteiger partial charge in [0.25, 0.3) is 0 Å². The predicted octanol–water partition coefficient (Wildman–Crippen LogP) is 1.55. The summed E-state index contributed by atoms with van der Waals surface area (Å²) in [4.78, 5) is 43.5. The molecule has 3 saturated heterocycles. The predicted molar refractivity (Wildman–Crippen MR) is 105 cm³/mol. The zero-order valence-corrected chi connectivity index (χ0v) is 16.8. The summed E-state index contributed by atoms with van der Waals surface area (Å²) in [6, 6.07) is 9.84. The van der Waals surface area contributed by atoms with Gasteiger partial charge in [0, 0.05) is 45.6 Å². The van der Waals surface area contributed by atoms with Gasteiger partial charge in [-0.1, -0.05) is 30.3 Å². The number of hydrogen-bond donors (Lipinski definition) is 0. The second-order valence-electron chi connectivity index (χ2n) is 8.37. The van der Waals surface area contributed by atoms with E-state index < -0.39 is 0 Å². The normalized spacial score (nSPS) is 26.1. The Balaban J connectivity index is 1.47. The zero-order valence-electron chi connectivity index (χ0n) is 16.8. The molecule has 6 heteroatoms. The highest BCUT2D eigenvalue weighted by Gasteiger charge is 2.61. The minimum absolute atomic E-state index is 0.0517. The lowest BCUT2D eigenvalue weighted by molar-refractivity contribution is -0.138. The zero-order chi connectivity index (χ0) is 19.9. The molecule has 6 nitrogen and oxygen atoms in total. The minimum atomic E-state index is -0.204. The maximum absolute atomic E-state index is 13.0. The van der Waals surface area contributed by atoms with Gasteiger partial charge in [-0.15, -0.1) is 0 Å². The molecule has 3 heterocycles. The average molecular weight is 383 g/mol. The van der Waals surface area contributed by atoms with Crippen LogP contribution in [0.4, 0.5) is 0 Å². The lowest BCUT2D eigenvalue weighted by atomic mass is 9.74. The maximum Gasteiger partial charge on any atom is 0.228 e. The molecule has 4 rings (SSSR count). The molecule has 0 aromatic heterocycles. The average Bonchev–Trinajstić information content (AvgIpc) is 3.23. The van der Waals surface area contributed by atoms with E-state index in [1.165, 1.54) is 0 Å². The molecule has 1 spiro atoms. The summed E-state index contributed by atoms with van der Waals surface area (Å²) in [6.45, 7) is 6.90. The quantitative estimate of drug-likeness (QED) is 0.796. The van der Waals surface area contributed by atoms with E-state index in [-0.39, 0.29) is 35.1 Å². The Morgan fingerprint density at radius 1 is 1.07 bits per heavy atom. The number of benzene rings is 1. The fourth-order valence-electron chi connectivity index (χ4n) is 5.61. The number of carbonyl (C=O) groups is 3. The first kappa shape index (κ1) is 19.0. The largest absolute Gasteiger partial charge is 0.342 e. The van der Waals surface area contributed by atoms with Crippen molar-refractivity contribution in [2.45, 2.75) is 38.6 Å². The molecular weight excluding hydrogens is 354 g/mol. The first-order valence-corrected chi connectivity index (χ1v) is 10.3. The standard InChI is InChI=1S/C22H29N3O3/c1-3-25-21(28)18-14-24(16(2)26)15-19(18)22(25)9-11-23(12-10-22)20(27)13-17-7-5-4-6-8-17/h4-8,18-19H,3,9-15H2,1-2H3/t18-,19+/m0/s1. The van der Waals surface area contributed by atoms with Gasteiger partial charge in [0.1, 0.15) is 0 Å². The molecule has 0 radical (unpaired) electrons. The summed E-state index contributed by atoms with van der Waals surface area (Å²) in [7, 11) is 0. The molecular formula is C22H29N3O3. The van der Waals surface area contributed by atoms with Gasteiger partial charge < -0.3 is 14.7 Å². The van der Waals surface area contributed by atoms with Gasteiger partial charge in [-0.25, -0.2) is 0 Å². The highest BCUT2D eigenvalue weighted by Crippen LogP contribution is 2.49. The fraction of sp³-hybridized carbons (Fsp3) is 0.591. The lowest BCUT2D eigenvalue weighted by Crippen LogP contribution is -2.58. The second kappa shape index (κ2) is 7.22. The van der Waals surface area contributed by atoms with Crippen LogP contribution in [-0.2, 0) is 20.8 Å². The van der Waals surface area contributed by atoms with E-state index >= 15 is 0 Å². The van der Waals surface area contributed by atoms with E-state index in [9.17, 15) is 14.4 Å². The summed E-state index contributed by atoms with van der Waals surface area (Å²) in [5.74, 6) is 0.517. The number of amides is 3. The monoisotopic (exact) mass is 383 g/mol. The van der Waals surface area contributed by atoms with Crippen molar-refractivity contribution in [3.05, 3.63) is 35.9 Å². The third-order valence-electron chi connectivity index (χ3n) is 7.07. The molecule has 0 unspecified atom stereocenters. The number of piperidine rings is 1. The van der Waals surface area contributed by atoms with Gasteiger partial charge in [-0.3, -0.25) is 14.4 Å². The Labute approximate surface area is 166 Å². The van der Waals surface area contributed by atoms with Crippen LogP contribution < -0.4 is 0 Å². The van der Waals surface area contributed by atoms with E-state index in [0.29, 0.717) is 39.1 Å². The molecule has 3 aliphatic heterocycles. The third-order valence-corrected chi connectivity index (χ3v) is 7.07. The van der Waals surface area contributed by atoms with Gasteiger partial charge in [0.2, 0.25) is 17.7 Å². The van der Waals surface area contributed by atoms with Crippen LogP contribution >= 0.6 is 0 Å². The smallest absolute Gasteiger partial charge is 0.228 e. The van der Waals surface area contributed by atoms with Crippen molar-refractivity contribution in [3.8, 4) is 0 Å².